The Hall–Kier alpha value is -1.22. The fourth-order valence-corrected chi connectivity index (χ4v) is 1.45. The third-order valence-corrected chi connectivity index (χ3v) is 2.41. The number of ether oxygens (including phenoxy) is 1. The molecular weight excluding hydrogens is 240 g/mol. The second-order valence-electron chi connectivity index (χ2n) is 3.51. The molecule has 0 fully saturated rings. The van der Waals surface area contributed by atoms with Gasteiger partial charge in [-0.1, -0.05) is 11.6 Å². The van der Waals surface area contributed by atoms with Crippen molar-refractivity contribution in [2.45, 2.75) is 13.0 Å². The van der Waals surface area contributed by atoms with Gasteiger partial charge >= 0.3 is 0 Å². The molecule has 0 aromatic carbocycles. The molecule has 1 rings (SSSR count). The normalized spacial score (nSPS) is 10.5. The molecule has 0 bridgehead atoms. The smallest absolute Gasteiger partial charge is 0.147 e. The van der Waals surface area contributed by atoms with Gasteiger partial charge in [-0.25, -0.2) is 4.98 Å². The van der Waals surface area contributed by atoms with Crippen molar-refractivity contribution in [1.82, 2.24) is 14.9 Å². The third-order valence-electron chi connectivity index (χ3n) is 2.21. The quantitative estimate of drug-likeness (QED) is 0.738. The number of halogens is 1. The largest absolute Gasteiger partial charge is 0.383 e. The molecule has 0 amide bonds. The van der Waals surface area contributed by atoms with Crippen LogP contribution >= 0.6 is 11.6 Å². The Balaban J connectivity index is 2.52. The third kappa shape index (κ3) is 5.59. The molecule has 1 aromatic rings. The molecule has 1 aromatic heterocycles. The molecule has 0 unspecified atom stereocenters. The van der Waals surface area contributed by atoms with Gasteiger partial charge in [-0.2, -0.15) is 5.26 Å². The molecule has 0 spiro atoms. The van der Waals surface area contributed by atoms with E-state index in [1.807, 2.05) is 0 Å². The molecule has 92 valence electrons. The monoisotopic (exact) mass is 254 g/mol. The lowest BCUT2D eigenvalue weighted by atomic mass is 10.3. The highest BCUT2D eigenvalue weighted by Gasteiger charge is 2.06. The van der Waals surface area contributed by atoms with Crippen LogP contribution < -0.4 is 0 Å². The lowest BCUT2D eigenvalue weighted by Crippen LogP contribution is -2.28. The zero-order valence-electron chi connectivity index (χ0n) is 9.77. The minimum Gasteiger partial charge on any atom is -0.383 e. The summed E-state index contributed by atoms with van der Waals surface area (Å²) in [6, 6.07) is 2.13. The highest BCUT2D eigenvalue weighted by Crippen LogP contribution is 2.05. The summed E-state index contributed by atoms with van der Waals surface area (Å²) in [5.74, 6) is 0. The molecule has 0 radical (unpaired) electrons. The highest BCUT2D eigenvalue weighted by atomic mass is 35.5. The summed E-state index contributed by atoms with van der Waals surface area (Å²) in [5.41, 5.74) is 0.837. The Morgan fingerprint density at radius 3 is 2.82 bits per heavy atom. The average Bonchev–Trinajstić information content (AvgIpc) is 2.35. The van der Waals surface area contributed by atoms with E-state index in [9.17, 15) is 0 Å². The SMILES string of the molecule is COCCN(CCC#N)Cc1cnc(Cl)cn1. The van der Waals surface area contributed by atoms with E-state index in [1.165, 1.54) is 6.20 Å². The van der Waals surface area contributed by atoms with Crippen molar-refractivity contribution in [3.05, 3.63) is 23.2 Å². The molecule has 0 aliphatic carbocycles. The molecule has 0 saturated carbocycles. The van der Waals surface area contributed by atoms with E-state index < -0.39 is 0 Å². The average molecular weight is 255 g/mol. The van der Waals surface area contributed by atoms with Crippen LogP contribution in [-0.4, -0.2) is 41.7 Å². The maximum Gasteiger partial charge on any atom is 0.147 e. The maximum atomic E-state index is 8.59. The van der Waals surface area contributed by atoms with E-state index >= 15 is 0 Å². The van der Waals surface area contributed by atoms with Crippen LogP contribution in [0.3, 0.4) is 0 Å². The summed E-state index contributed by atoms with van der Waals surface area (Å²) in [4.78, 5) is 10.2. The Bertz CT molecular complexity index is 363. The number of hydrogen-bond acceptors (Lipinski definition) is 5. The topological polar surface area (TPSA) is 62.0 Å². The van der Waals surface area contributed by atoms with Crippen LogP contribution in [-0.2, 0) is 11.3 Å². The fraction of sp³-hybridized carbons (Fsp3) is 0.545. The van der Waals surface area contributed by atoms with Crippen LogP contribution in [0.25, 0.3) is 0 Å². The zero-order chi connectivity index (χ0) is 12.5. The van der Waals surface area contributed by atoms with Gasteiger partial charge in [-0.3, -0.25) is 9.88 Å². The number of hydrogen-bond donors (Lipinski definition) is 0. The van der Waals surface area contributed by atoms with E-state index in [0.29, 0.717) is 31.3 Å². The van der Waals surface area contributed by atoms with Gasteiger partial charge in [-0.15, -0.1) is 0 Å². The summed E-state index contributed by atoms with van der Waals surface area (Å²) >= 11 is 5.67. The molecule has 0 atom stereocenters. The summed E-state index contributed by atoms with van der Waals surface area (Å²) < 4.78 is 5.03. The van der Waals surface area contributed by atoms with Crippen molar-refractivity contribution in [1.29, 1.82) is 5.26 Å². The second-order valence-corrected chi connectivity index (χ2v) is 3.89. The van der Waals surface area contributed by atoms with Crippen molar-refractivity contribution in [3.8, 4) is 6.07 Å². The first-order valence-corrected chi connectivity index (χ1v) is 5.68. The lowest BCUT2D eigenvalue weighted by Gasteiger charge is -2.19. The molecule has 0 N–H and O–H groups in total. The van der Waals surface area contributed by atoms with Gasteiger partial charge in [0.2, 0.25) is 0 Å². The van der Waals surface area contributed by atoms with Crippen LogP contribution in [0.2, 0.25) is 5.15 Å². The minimum atomic E-state index is 0.384. The Kier molecular flexibility index (Phi) is 6.48. The Morgan fingerprint density at radius 2 is 2.24 bits per heavy atom. The summed E-state index contributed by atoms with van der Waals surface area (Å²) in [7, 11) is 1.66. The van der Waals surface area contributed by atoms with Crippen LogP contribution in [0.5, 0.6) is 0 Å². The molecule has 5 nitrogen and oxygen atoms in total. The predicted molar refractivity (Wildman–Crippen MR) is 64.4 cm³/mol. The van der Waals surface area contributed by atoms with Crippen molar-refractivity contribution >= 4 is 11.6 Å². The van der Waals surface area contributed by atoms with Crippen molar-refractivity contribution in [2.24, 2.45) is 0 Å². The first-order chi connectivity index (χ1) is 8.26. The molecule has 1 heterocycles. The first kappa shape index (κ1) is 13.8. The number of aromatic nitrogens is 2. The van der Waals surface area contributed by atoms with Crippen molar-refractivity contribution in [2.75, 3.05) is 26.8 Å². The van der Waals surface area contributed by atoms with Crippen LogP contribution in [0, 0.1) is 11.3 Å². The van der Waals surface area contributed by atoms with E-state index in [0.717, 1.165) is 12.2 Å². The predicted octanol–water partition coefficient (Wildman–Crippen LogP) is 1.49. The first-order valence-electron chi connectivity index (χ1n) is 5.31. The summed E-state index contributed by atoms with van der Waals surface area (Å²) in [6.07, 6.45) is 3.66. The zero-order valence-corrected chi connectivity index (χ0v) is 10.5. The van der Waals surface area contributed by atoms with E-state index in [1.54, 1.807) is 13.3 Å². The van der Waals surface area contributed by atoms with Gasteiger partial charge in [0, 0.05) is 33.2 Å². The number of nitrogens with zero attached hydrogens (tertiary/aromatic N) is 4. The van der Waals surface area contributed by atoms with E-state index in [2.05, 4.69) is 20.9 Å². The molecule has 6 heteroatoms. The van der Waals surface area contributed by atoms with Gasteiger partial charge < -0.3 is 4.74 Å². The minimum absolute atomic E-state index is 0.384. The number of rotatable bonds is 7. The van der Waals surface area contributed by atoms with E-state index in [-0.39, 0.29) is 0 Å². The maximum absolute atomic E-state index is 8.59. The van der Waals surface area contributed by atoms with Crippen molar-refractivity contribution in [3.63, 3.8) is 0 Å². The molecule has 0 aliphatic rings. The second kappa shape index (κ2) is 7.96. The number of methoxy groups -OCH3 is 1. The van der Waals surface area contributed by atoms with E-state index in [4.69, 9.17) is 21.6 Å². The van der Waals surface area contributed by atoms with Gasteiger partial charge in [0.05, 0.1) is 30.8 Å². The van der Waals surface area contributed by atoms with Crippen LogP contribution in [0.4, 0.5) is 0 Å². The van der Waals surface area contributed by atoms with Crippen LogP contribution in [0.15, 0.2) is 12.4 Å². The fourth-order valence-electron chi connectivity index (χ4n) is 1.35. The lowest BCUT2D eigenvalue weighted by molar-refractivity contribution is 0.144. The van der Waals surface area contributed by atoms with Gasteiger partial charge in [0.25, 0.3) is 0 Å². The number of nitriles is 1. The molecule has 0 saturated heterocycles. The van der Waals surface area contributed by atoms with Crippen LogP contribution in [0.1, 0.15) is 12.1 Å². The molecular formula is C11H15ClN4O. The Labute approximate surface area is 106 Å². The molecule has 0 aliphatic heterocycles. The van der Waals surface area contributed by atoms with Crippen molar-refractivity contribution < 1.29 is 4.74 Å². The summed E-state index contributed by atoms with van der Waals surface area (Å²) in [6.45, 7) is 2.74. The van der Waals surface area contributed by atoms with Gasteiger partial charge in [0.1, 0.15) is 5.15 Å². The summed E-state index contributed by atoms with van der Waals surface area (Å²) in [5, 5.41) is 8.97. The standard InChI is InChI=1S/C11H15ClN4O/c1-17-6-5-16(4-2-3-13)9-10-7-15-11(12)8-14-10/h7-8H,2,4-6,9H2,1H3. The van der Waals surface area contributed by atoms with Gasteiger partial charge in [-0.05, 0) is 0 Å². The molecule has 17 heavy (non-hydrogen) atoms. The Morgan fingerprint density at radius 1 is 1.41 bits per heavy atom. The van der Waals surface area contributed by atoms with Gasteiger partial charge in [0.15, 0.2) is 0 Å². The highest BCUT2D eigenvalue weighted by molar-refractivity contribution is 6.29.